The highest BCUT2D eigenvalue weighted by molar-refractivity contribution is 6.32. The molecular weight excluding hydrogens is 300 g/mol. The van der Waals surface area contributed by atoms with Gasteiger partial charge in [0, 0.05) is 12.6 Å². The van der Waals surface area contributed by atoms with Crippen LogP contribution in [0.5, 0.6) is 0 Å². The van der Waals surface area contributed by atoms with Gasteiger partial charge >= 0.3 is 0 Å². The lowest BCUT2D eigenvalue weighted by atomic mass is 10.1. The molecule has 8 nitrogen and oxygen atoms in total. The zero-order valence-electron chi connectivity index (χ0n) is 11.0. The molecule has 0 aliphatic carbocycles. The van der Waals surface area contributed by atoms with Gasteiger partial charge in [0.05, 0.1) is 10.5 Å². The third-order valence-electron chi connectivity index (χ3n) is 3.12. The Bertz CT molecular complexity index is 593. The molecule has 9 heteroatoms. The van der Waals surface area contributed by atoms with E-state index in [2.05, 4.69) is 15.6 Å². The molecule has 1 unspecified atom stereocenters. The highest BCUT2D eigenvalue weighted by Crippen LogP contribution is 2.19. The number of halogens is 1. The van der Waals surface area contributed by atoms with Crippen molar-refractivity contribution in [3.63, 3.8) is 0 Å². The monoisotopic (exact) mass is 312 g/mol. The lowest BCUT2D eigenvalue weighted by Crippen LogP contribution is -2.45. The molecular formula is C12H13ClN4O4. The zero-order valence-corrected chi connectivity index (χ0v) is 11.7. The number of hydrogen-bond donors (Lipinski definition) is 2. The van der Waals surface area contributed by atoms with E-state index >= 15 is 0 Å². The van der Waals surface area contributed by atoms with Crippen LogP contribution in [0.15, 0.2) is 12.3 Å². The molecule has 1 aliphatic rings. The minimum Gasteiger partial charge on any atom is -0.354 e. The Morgan fingerprint density at radius 3 is 3.00 bits per heavy atom. The van der Waals surface area contributed by atoms with Gasteiger partial charge in [0.15, 0.2) is 0 Å². The van der Waals surface area contributed by atoms with Gasteiger partial charge in [-0.2, -0.15) is 0 Å². The Labute approximate surface area is 125 Å². The Morgan fingerprint density at radius 2 is 2.29 bits per heavy atom. The van der Waals surface area contributed by atoms with Crippen molar-refractivity contribution in [2.75, 3.05) is 6.54 Å². The van der Waals surface area contributed by atoms with Crippen molar-refractivity contribution in [2.45, 2.75) is 25.3 Å². The number of aromatic nitrogens is 1. The molecule has 0 saturated carbocycles. The zero-order chi connectivity index (χ0) is 15.4. The quantitative estimate of drug-likeness (QED) is 0.491. The molecule has 0 radical (unpaired) electrons. The molecule has 1 saturated heterocycles. The molecule has 0 aromatic carbocycles. The fourth-order valence-electron chi connectivity index (χ4n) is 2.01. The minimum absolute atomic E-state index is 0.122. The first-order valence-electron chi connectivity index (χ1n) is 6.37. The van der Waals surface area contributed by atoms with E-state index in [1.165, 1.54) is 0 Å². The third-order valence-corrected chi connectivity index (χ3v) is 3.42. The maximum Gasteiger partial charge on any atom is 0.288 e. The molecule has 2 amide bonds. The van der Waals surface area contributed by atoms with Crippen LogP contribution in [-0.2, 0) is 4.79 Å². The highest BCUT2D eigenvalue weighted by atomic mass is 35.5. The summed E-state index contributed by atoms with van der Waals surface area (Å²) < 4.78 is 0. The van der Waals surface area contributed by atoms with Gasteiger partial charge < -0.3 is 10.6 Å². The van der Waals surface area contributed by atoms with E-state index in [1.54, 1.807) is 0 Å². The summed E-state index contributed by atoms with van der Waals surface area (Å²) in [5.74, 6) is -0.923. The summed E-state index contributed by atoms with van der Waals surface area (Å²) in [6.07, 6.45) is 3.12. The number of rotatable bonds is 3. The molecule has 1 aliphatic heterocycles. The average molecular weight is 313 g/mol. The molecule has 1 aromatic rings. The molecule has 1 fully saturated rings. The van der Waals surface area contributed by atoms with Crippen LogP contribution in [0.25, 0.3) is 0 Å². The third kappa shape index (κ3) is 3.66. The van der Waals surface area contributed by atoms with E-state index in [-0.39, 0.29) is 22.3 Å². The Kier molecular flexibility index (Phi) is 4.69. The van der Waals surface area contributed by atoms with Gasteiger partial charge in [-0.15, -0.1) is 0 Å². The summed E-state index contributed by atoms with van der Waals surface area (Å²) in [6.45, 7) is 0.574. The van der Waals surface area contributed by atoms with Gasteiger partial charge in [0.25, 0.3) is 11.6 Å². The van der Waals surface area contributed by atoms with Gasteiger partial charge in [0.1, 0.15) is 17.4 Å². The van der Waals surface area contributed by atoms with Crippen LogP contribution in [0.2, 0.25) is 5.15 Å². The second-order valence-corrected chi connectivity index (χ2v) is 4.96. The predicted molar refractivity (Wildman–Crippen MR) is 74.0 cm³/mol. The van der Waals surface area contributed by atoms with Crippen LogP contribution in [0.1, 0.15) is 29.6 Å². The molecule has 21 heavy (non-hydrogen) atoms. The van der Waals surface area contributed by atoms with Crippen molar-refractivity contribution in [2.24, 2.45) is 0 Å². The number of nitrogens with one attached hydrogen (secondary N) is 2. The Hall–Kier alpha value is -2.22. The van der Waals surface area contributed by atoms with Crippen molar-refractivity contribution >= 4 is 29.1 Å². The summed E-state index contributed by atoms with van der Waals surface area (Å²) in [7, 11) is 0. The summed E-state index contributed by atoms with van der Waals surface area (Å²) in [6, 6.07) is 0.370. The first-order chi connectivity index (χ1) is 9.99. The molecule has 112 valence electrons. The van der Waals surface area contributed by atoms with E-state index in [1.807, 2.05) is 0 Å². The molecule has 0 spiro atoms. The van der Waals surface area contributed by atoms with E-state index in [0.29, 0.717) is 13.0 Å². The standard InChI is InChI=1S/C12H13ClN4O4/c13-10-8(5-7(6-15-10)17(20)21)11(18)16-9-3-1-2-4-14-12(9)19/h5-6,9H,1-4H2,(H,14,19)(H,16,18). The molecule has 2 N–H and O–H groups in total. The number of amides is 2. The summed E-state index contributed by atoms with van der Waals surface area (Å²) in [4.78, 5) is 37.5. The summed E-state index contributed by atoms with van der Waals surface area (Å²) in [5, 5.41) is 15.8. The first-order valence-corrected chi connectivity index (χ1v) is 6.75. The van der Waals surface area contributed by atoms with Crippen LogP contribution in [0.4, 0.5) is 5.69 Å². The van der Waals surface area contributed by atoms with Gasteiger partial charge in [0.2, 0.25) is 5.91 Å². The maximum absolute atomic E-state index is 12.1. The fraction of sp³-hybridized carbons (Fsp3) is 0.417. The molecule has 0 bridgehead atoms. The number of nitrogens with zero attached hydrogens (tertiary/aromatic N) is 2. The molecule has 2 rings (SSSR count). The van der Waals surface area contributed by atoms with Crippen molar-refractivity contribution in [1.29, 1.82) is 0 Å². The van der Waals surface area contributed by atoms with Crippen molar-refractivity contribution < 1.29 is 14.5 Å². The van der Waals surface area contributed by atoms with Gasteiger partial charge in [-0.25, -0.2) is 4.98 Å². The van der Waals surface area contributed by atoms with E-state index in [9.17, 15) is 19.7 Å². The second-order valence-electron chi connectivity index (χ2n) is 4.60. The van der Waals surface area contributed by atoms with E-state index in [4.69, 9.17) is 11.6 Å². The van der Waals surface area contributed by atoms with Gasteiger partial charge in [-0.05, 0) is 19.3 Å². The number of pyridine rings is 1. The van der Waals surface area contributed by atoms with Crippen molar-refractivity contribution in [1.82, 2.24) is 15.6 Å². The van der Waals surface area contributed by atoms with Crippen LogP contribution in [-0.4, -0.2) is 34.3 Å². The molecule has 1 atom stereocenters. The SMILES string of the molecule is O=C(NC1CCCCNC1=O)c1cc([N+](=O)[O-])cnc1Cl. The van der Waals surface area contributed by atoms with E-state index in [0.717, 1.165) is 25.1 Å². The largest absolute Gasteiger partial charge is 0.354 e. The number of carbonyl (C=O) groups is 2. The molecule has 1 aromatic heterocycles. The fourth-order valence-corrected chi connectivity index (χ4v) is 2.20. The number of hydrogen-bond acceptors (Lipinski definition) is 5. The lowest BCUT2D eigenvalue weighted by molar-refractivity contribution is -0.385. The predicted octanol–water partition coefficient (Wildman–Crippen LogP) is 1.04. The van der Waals surface area contributed by atoms with Gasteiger partial charge in [-0.3, -0.25) is 19.7 Å². The van der Waals surface area contributed by atoms with Crippen LogP contribution in [0.3, 0.4) is 0 Å². The van der Waals surface area contributed by atoms with Crippen LogP contribution in [0, 0.1) is 10.1 Å². The normalized spacial score (nSPS) is 18.5. The highest BCUT2D eigenvalue weighted by Gasteiger charge is 2.25. The topological polar surface area (TPSA) is 114 Å². The minimum atomic E-state index is -0.671. The Morgan fingerprint density at radius 1 is 1.52 bits per heavy atom. The van der Waals surface area contributed by atoms with Crippen LogP contribution < -0.4 is 10.6 Å². The average Bonchev–Trinajstić information content (AvgIpc) is 2.64. The second kappa shape index (κ2) is 6.49. The lowest BCUT2D eigenvalue weighted by Gasteiger charge is -2.15. The van der Waals surface area contributed by atoms with E-state index < -0.39 is 16.9 Å². The summed E-state index contributed by atoms with van der Waals surface area (Å²) >= 11 is 5.79. The summed E-state index contributed by atoms with van der Waals surface area (Å²) in [5.41, 5.74) is -0.460. The molecule has 2 heterocycles. The number of nitro groups is 1. The van der Waals surface area contributed by atoms with Crippen LogP contribution >= 0.6 is 11.6 Å². The maximum atomic E-state index is 12.1. The van der Waals surface area contributed by atoms with Gasteiger partial charge in [-0.1, -0.05) is 11.6 Å². The smallest absolute Gasteiger partial charge is 0.288 e. The number of carbonyl (C=O) groups excluding carboxylic acids is 2. The van der Waals surface area contributed by atoms with Crippen molar-refractivity contribution in [3.05, 3.63) is 33.1 Å². The van der Waals surface area contributed by atoms with Crippen molar-refractivity contribution in [3.8, 4) is 0 Å². The first kappa shape index (κ1) is 15.2. The Balaban J connectivity index is 2.17.